The van der Waals surface area contributed by atoms with Crippen LogP contribution < -0.4 is 4.90 Å². The molecule has 2 aromatic rings. The standard InChI is InChI=1S/C22H19Cl2FN2O3/c1-12-10-26(11-13(2)30-12)20-19(17-8-3-14(23)9-18(17)24)21(28)27(22(20)29)16-6-4-15(25)5-7-16/h3-9,12-13H,10-11H2,1-2H3. The predicted molar refractivity (Wildman–Crippen MR) is 114 cm³/mol. The van der Waals surface area contributed by atoms with Crippen molar-refractivity contribution in [3.05, 3.63) is 69.6 Å². The Morgan fingerprint density at radius 3 is 2.20 bits per heavy atom. The lowest BCUT2D eigenvalue weighted by molar-refractivity contribution is -0.121. The number of morpholine rings is 1. The van der Waals surface area contributed by atoms with E-state index in [1.54, 1.807) is 12.1 Å². The maximum Gasteiger partial charge on any atom is 0.282 e. The van der Waals surface area contributed by atoms with E-state index in [4.69, 9.17) is 27.9 Å². The Balaban J connectivity index is 1.86. The van der Waals surface area contributed by atoms with E-state index in [0.717, 1.165) is 4.90 Å². The number of benzene rings is 2. The smallest absolute Gasteiger partial charge is 0.282 e. The minimum absolute atomic E-state index is 0.119. The molecular weight excluding hydrogens is 430 g/mol. The number of halogens is 3. The van der Waals surface area contributed by atoms with Crippen LogP contribution >= 0.6 is 23.2 Å². The molecule has 2 unspecified atom stereocenters. The second-order valence-electron chi connectivity index (χ2n) is 7.43. The topological polar surface area (TPSA) is 49.9 Å². The summed E-state index contributed by atoms with van der Waals surface area (Å²) in [5, 5.41) is 0.693. The van der Waals surface area contributed by atoms with E-state index in [2.05, 4.69) is 0 Å². The molecule has 156 valence electrons. The molecule has 0 bridgehead atoms. The van der Waals surface area contributed by atoms with E-state index in [9.17, 15) is 14.0 Å². The van der Waals surface area contributed by atoms with Crippen molar-refractivity contribution in [1.29, 1.82) is 0 Å². The number of ether oxygens (including phenoxy) is 1. The van der Waals surface area contributed by atoms with E-state index in [1.165, 1.54) is 30.3 Å². The number of rotatable bonds is 3. The molecule has 2 heterocycles. The number of amides is 2. The van der Waals surface area contributed by atoms with Gasteiger partial charge in [-0.1, -0.05) is 29.3 Å². The molecule has 0 saturated carbocycles. The Labute approximate surface area is 183 Å². The summed E-state index contributed by atoms with van der Waals surface area (Å²) in [6.45, 7) is 4.73. The minimum atomic E-state index is -0.516. The van der Waals surface area contributed by atoms with E-state index in [0.29, 0.717) is 29.4 Å². The molecule has 1 fully saturated rings. The van der Waals surface area contributed by atoms with Crippen molar-refractivity contribution in [2.45, 2.75) is 26.1 Å². The van der Waals surface area contributed by atoms with Gasteiger partial charge in [-0.25, -0.2) is 9.29 Å². The fourth-order valence-electron chi connectivity index (χ4n) is 3.93. The third-order valence-corrected chi connectivity index (χ3v) is 5.63. The first kappa shape index (κ1) is 20.8. The first-order valence-electron chi connectivity index (χ1n) is 9.50. The molecule has 2 amide bonds. The summed E-state index contributed by atoms with van der Waals surface area (Å²) in [7, 11) is 0. The van der Waals surface area contributed by atoms with Crippen molar-refractivity contribution in [1.82, 2.24) is 4.90 Å². The summed E-state index contributed by atoms with van der Waals surface area (Å²) in [5.41, 5.74) is 1.17. The number of imide groups is 1. The van der Waals surface area contributed by atoms with Gasteiger partial charge in [-0.15, -0.1) is 0 Å². The van der Waals surface area contributed by atoms with Crippen LogP contribution in [0.2, 0.25) is 10.0 Å². The van der Waals surface area contributed by atoms with Crippen LogP contribution in [0.1, 0.15) is 19.4 Å². The van der Waals surface area contributed by atoms with Gasteiger partial charge in [-0.3, -0.25) is 9.59 Å². The third-order valence-electron chi connectivity index (χ3n) is 5.08. The van der Waals surface area contributed by atoms with Crippen LogP contribution in [0.4, 0.5) is 10.1 Å². The molecule has 2 aliphatic rings. The van der Waals surface area contributed by atoms with Gasteiger partial charge in [0.2, 0.25) is 0 Å². The summed E-state index contributed by atoms with van der Waals surface area (Å²) in [5.74, 6) is -1.45. The summed E-state index contributed by atoms with van der Waals surface area (Å²) in [4.78, 5) is 29.9. The Morgan fingerprint density at radius 2 is 1.60 bits per heavy atom. The largest absolute Gasteiger partial charge is 0.372 e. The number of carbonyl (C=O) groups excluding carboxylic acids is 2. The molecule has 5 nitrogen and oxygen atoms in total. The van der Waals surface area contributed by atoms with E-state index in [1.807, 2.05) is 18.7 Å². The number of carbonyl (C=O) groups is 2. The monoisotopic (exact) mass is 448 g/mol. The molecule has 8 heteroatoms. The van der Waals surface area contributed by atoms with Gasteiger partial charge in [-0.05, 0) is 50.2 Å². The highest BCUT2D eigenvalue weighted by molar-refractivity contribution is 6.47. The van der Waals surface area contributed by atoms with Crippen molar-refractivity contribution < 1.29 is 18.7 Å². The zero-order valence-corrected chi connectivity index (χ0v) is 17.9. The molecule has 1 saturated heterocycles. The van der Waals surface area contributed by atoms with Gasteiger partial charge < -0.3 is 9.64 Å². The Bertz CT molecular complexity index is 1040. The van der Waals surface area contributed by atoms with Crippen LogP contribution in [-0.4, -0.2) is 42.0 Å². The van der Waals surface area contributed by atoms with Crippen molar-refractivity contribution in [2.24, 2.45) is 0 Å². The lowest BCUT2D eigenvalue weighted by Crippen LogP contribution is -2.47. The Morgan fingerprint density at radius 1 is 0.967 bits per heavy atom. The highest BCUT2D eigenvalue weighted by Gasteiger charge is 2.44. The SMILES string of the molecule is CC1CN(C2=C(c3ccc(Cl)cc3Cl)C(=O)N(c3ccc(F)cc3)C2=O)CC(C)O1. The fraction of sp³-hybridized carbons (Fsp3) is 0.273. The van der Waals surface area contributed by atoms with Crippen LogP contribution in [0, 0.1) is 5.82 Å². The highest BCUT2D eigenvalue weighted by atomic mass is 35.5. The maximum atomic E-state index is 13.5. The lowest BCUT2D eigenvalue weighted by atomic mass is 10.0. The van der Waals surface area contributed by atoms with Crippen LogP contribution in [-0.2, 0) is 14.3 Å². The molecule has 0 aromatic heterocycles. The molecule has 2 aromatic carbocycles. The third kappa shape index (κ3) is 3.71. The van der Waals surface area contributed by atoms with Crippen LogP contribution in [0.3, 0.4) is 0 Å². The van der Waals surface area contributed by atoms with E-state index >= 15 is 0 Å². The predicted octanol–water partition coefficient (Wildman–Crippen LogP) is 4.53. The maximum absolute atomic E-state index is 13.5. The molecule has 0 aliphatic carbocycles. The van der Waals surface area contributed by atoms with E-state index in [-0.39, 0.29) is 28.5 Å². The van der Waals surface area contributed by atoms with Gasteiger partial charge in [0.1, 0.15) is 11.5 Å². The molecule has 2 atom stereocenters. The molecule has 30 heavy (non-hydrogen) atoms. The van der Waals surface area contributed by atoms with Crippen molar-refractivity contribution in [2.75, 3.05) is 18.0 Å². The van der Waals surface area contributed by atoms with Gasteiger partial charge in [0.25, 0.3) is 11.8 Å². The van der Waals surface area contributed by atoms with Crippen LogP contribution in [0.5, 0.6) is 0 Å². The zero-order chi connectivity index (χ0) is 21.6. The van der Waals surface area contributed by atoms with Gasteiger partial charge in [0.05, 0.1) is 28.5 Å². The molecule has 0 radical (unpaired) electrons. The van der Waals surface area contributed by atoms with Gasteiger partial charge in [0, 0.05) is 23.7 Å². The summed E-state index contributed by atoms with van der Waals surface area (Å²) >= 11 is 12.4. The number of nitrogens with zero attached hydrogens (tertiary/aromatic N) is 2. The van der Waals surface area contributed by atoms with Crippen LogP contribution in [0.15, 0.2) is 48.2 Å². The second kappa shape index (κ2) is 8.02. The number of hydrogen-bond donors (Lipinski definition) is 0. The average Bonchev–Trinajstić information content (AvgIpc) is 2.92. The quantitative estimate of drug-likeness (QED) is 0.647. The average molecular weight is 449 g/mol. The van der Waals surface area contributed by atoms with Crippen molar-refractivity contribution in [3.63, 3.8) is 0 Å². The van der Waals surface area contributed by atoms with Crippen molar-refractivity contribution in [3.8, 4) is 0 Å². The molecule has 4 rings (SSSR count). The van der Waals surface area contributed by atoms with E-state index < -0.39 is 17.6 Å². The van der Waals surface area contributed by atoms with Crippen molar-refractivity contribution >= 4 is 46.3 Å². The minimum Gasteiger partial charge on any atom is -0.372 e. The first-order chi connectivity index (χ1) is 14.3. The molecular formula is C22H19Cl2FN2O3. The number of hydrogen-bond acceptors (Lipinski definition) is 4. The lowest BCUT2D eigenvalue weighted by Gasteiger charge is -2.37. The fourth-order valence-corrected chi connectivity index (χ4v) is 4.43. The molecule has 0 spiro atoms. The van der Waals surface area contributed by atoms with Gasteiger partial charge in [0.15, 0.2) is 0 Å². The summed E-state index contributed by atoms with van der Waals surface area (Å²) in [6.07, 6.45) is -0.239. The van der Waals surface area contributed by atoms with Gasteiger partial charge in [-0.2, -0.15) is 0 Å². The molecule has 0 N–H and O–H groups in total. The molecule has 2 aliphatic heterocycles. The Kier molecular flexibility index (Phi) is 5.57. The second-order valence-corrected chi connectivity index (χ2v) is 8.28. The van der Waals surface area contributed by atoms with Crippen LogP contribution in [0.25, 0.3) is 5.57 Å². The normalized spacial score (nSPS) is 22.3. The Hall–Kier alpha value is -2.41. The zero-order valence-electron chi connectivity index (χ0n) is 16.4. The first-order valence-corrected chi connectivity index (χ1v) is 10.3. The number of anilines is 1. The van der Waals surface area contributed by atoms with Gasteiger partial charge >= 0.3 is 0 Å². The summed E-state index contributed by atoms with van der Waals surface area (Å²) in [6, 6.07) is 10.0. The highest BCUT2D eigenvalue weighted by Crippen LogP contribution is 2.39. The summed E-state index contributed by atoms with van der Waals surface area (Å²) < 4.78 is 19.2.